The van der Waals surface area contributed by atoms with Crippen LogP contribution in [0.15, 0.2) is 60.9 Å². The lowest BCUT2D eigenvalue weighted by molar-refractivity contribution is 0.0940. The van der Waals surface area contributed by atoms with E-state index in [0.29, 0.717) is 17.8 Å². The maximum Gasteiger partial charge on any atom is 0.291 e. The first-order valence-electron chi connectivity index (χ1n) is 9.17. The molecule has 144 valence electrons. The minimum Gasteiger partial charge on any atom is -0.345 e. The summed E-state index contributed by atoms with van der Waals surface area (Å²) in [7, 11) is 0. The molecule has 0 radical (unpaired) electrons. The van der Waals surface area contributed by atoms with Gasteiger partial charge >= 0.3 is 0 Å². The van der Waals surface area contributed by atoms with Crippen molar-refractivity contribution in [3.63, 3.8) is 0 Å². The van der Waals surface area contributed by atoms with E-state index in [4.69, 9.17) is 0 Å². The summed E-state index contributed by atoms with van der Waals surface area (Å²) in [5.74, 6) is -0.375. The number of carbonyl (C=O) groups is 2. The van der Waals surface area contributed by atoms with Gasteiger partial charge in [-0.2, -0.15) is 0 Å². The molecule has 0 saturated heterocycles. The Labute approximate surface area is 167 Å². The first-order chi connectivity index (χ1) is 14.0. The molecule has 7 heteroatoms. The van der Waals surface area contributed by atoms with Crippen LogP contribution >= 0.6 is 0 Å². The van der Waals surface area contributed by atoms with Crippen LogP contribution in [0, 0.1) is 6.92 Å². The maximum absolute atomic E-state index is 12.4. The monoisotopic (exact) mass is 385 g/mol. The van der Waals surface area contributed by atoms with E-state index in [2.05, 4.69) is 20.4 Å². The number of benzene rings is 1. The summed E-state index contributed by atoms with van der Waals surface area (Å²) in [6, 6.07) is 15.3. The van der Waals surface area contributed by atoms with Crippen molar-refractivity contribution in [2.45, 2.75) is 20.4 Å². The van der Waals surface area contributed by atoms with E-state index in [0.717, 1.165) is 22.4 Å². The number of amides is 1. The second-order valence-corrected chi connectivity index (χ2v) is 6.78. The zero-order valence-electron chi connectivity index (χ0n) is 16.1. The molecule has 0 fully saturated rings. The standard InChI is InChI=1S/C22H19N5O2/c1-14-11-18(9-10-23-14)17-5-3-16(4-6-17)12-24-22(29)21-25-20-8-7-19(15(2)28)13-27(20)26-21/h3-11,13H,12H2,1-2H3,(H,24,29). The van der Waals surface area contributed by atoms with Gasteiger partial charge in [-0.3, -0.25) is 14.6 Å². The molecular formula is C22H19N5O2. The zero-order chi connectivity index (χ0) is 20.4. The molecule has 0 aliphatic heterocycles. The molecule has 0 saturated carbocycles. The number of aromatic nitrogens is 4. The quantitative estimate of drug-likeness (QED) is 0.533. The Bertz CT molecular complexity index is 1210. The van der Waals surface area contributed by atoms with Crippen molar-refractivity contribution >= 4 is 17.3 Å². The fourth-order valence-electron chi connectivity index (χ4n) is 2.99. The first kappa shape index (κ1) is 18.5. The summed E-state index contributed by atoms with van der Waals surface area (Å²) in [6.45, 7) is 3.80. The van der Waals surface area contributed by atoms with Crippen LogP contribution in [-0.2, 0) is 6.54 Å². The van der Waals surface area contributed by atoms with Crippen molar-refractivity contribution in [2.75, 3.05) is 0 Å². The molecule has 1 N–H and O–H groups in total. The third-order valence-electron chi connectivity index (χ3n) is 4.58. The van der Waals surface area contributed by atoms with E-state index >= 15 is 0 Å². The molecule has 0 aliphatic rings. The van der Waals surface area contributed by atoms with E-state index in [1.807, 2.05) is 43.3 Å². The SMILES string of the molecule is CC(=O)c1ccc2nc(C(=O)NCc3ccc(-c4ccnc(C)c4)cc3)nn2c1. The fourth-order valence-corrected chi connectivity index (χ4v) is 2.99. The van der Waals surface area contributed by atoms with E-state index in [1.54, 1.807) is 24.5 Å². The molecule has 0 unspecified atom stereocenters. The molecule has 4 rings (SSSR count). The van der Waals surface area contributed by atoms with Crippen LogP contribution in [0.5, 0.6) is 0 Å². The Balaban J connectivity index is 1.44. The molecule has 3 aromatic heterocycles. The summed E-state index contributed by atoms with van der Waals surface area (Å²) in [5.41, 5.74) is 5.15. The molecular weight excluding hydrogens is 366 g/mol. The number of pyridine rings is 2. The highest BCUT2D eigenvalue weighted by molar-refractivity contribution is 5.94. The van der Waals surface area contributed by atoms with Gasteiger partial charge in [-0.15, -0.1) is 5.10 Å². The number of hydrogen-bond acceptors (Lipinski definition) is 5. The normalized spacial score (nSPS) is 10.8. The van der Waals surface area contributed by atoms with Gasteiger partial charge in [0.25, 0.3) is 5.91 Å². The van der Waals surface area contributed by atoms with Gasteiger partial charge in [0.1, 0.15) is 0 Å². The third-order valence-corrected chi connectivity index (χ3v) is 4.58. The van der Waals surface area contributed by atoms with Crippen LogP contribution in [0.25, 0.3) is 16.8 Å². The van der Waals surface area contributed by atoms with E-state index in [9.17, 15) is 9.59 Å². The van der Waals surface area contributed by atoms with Crippen LogP contribution in [0.2, 0.25) is 0 Å². The average molecular weight is 385 g/mol. The van der Waals surface area contributed by atoms with Gasteiger partial charge in [0, 0.05) is 30.2 Å². The number of nitrogens with one attached hydrogen (secondary N) is 1. The lowest BCUT2D eigenvalue weighted by atomic mass is 10.0. The Hall–Kier alpha value is -3.87. The number of carbonyl (C=O) groups excluding carboxylic acids is 2. The highest BCUT2D eigenvalue weighted by Gasteiger charge is 2.13. The Morgan fingerprint density at radius 3 is 2.55 bits per heavy atom. The van der Waals surface area contributed by atoms with Gasteiger partial charge in [-0.1, -0.05) is 24.3 Å². The summed E-state index contributed by atoms with van der Waals surface area (Å²) in [6.07, 6.45) is 3.36. The largest absolute Gasteiger partial charge is 0.345 e. The molecule has 7 nitrogen and oxygen atoms in total. The highest BCUT2D eigenvalue weighted by Crippen LogP contribution is 2.20. The average Bonchev–Trinajstić information content (AvgIpc) is 3.16. The van der Waals surface area contributed by atoms with Crippen molar-refractivity contribution in [1.29, 1.82) is 0 Å². The Kier molecular flexibility index (Phi) is 4.87. The van der Waals surface area contributed by atoms with Crippen LogP contribution in [0.1, 0.15) is 39.2 Å². The second-order valence-electron chi connectivity index (χ2n) is 6.78. The smallest absolute Gasteiger partial charge is 0.291 e. The predicted molar refractivity (Wildman–Crippen MR) is 109 cm³/mol. The van der Waals surface area contributed by atoms with Crippen molar-refractivity contribution in [3.05, 3.63) is 83.6 Å². The van der Waals surface area contributed by atoms with Crippen molar-refractivity contribution < 1.29 is 9.59 Å². The molecule has 29 heavy (non-hydrogen) atoms. The maximum atomic E-state index is 12.4. The number of nitrogens with zero attached hydrogens (tertiary/aromatic N) is 4. The molecule has 0 bridgehead atoms. The Morgan fingerprint density at radius 1 is 1.03 bits per heavy atom. The minimum absolute atomic E-state index is 0.0644. The van der Waals surface area contributed by atoms with Crippen LogP contribution in [-0.4, -0.2) is 31.3 Å². The zero-order valence-corrected chi connectivity index (χ0v) is 16.1. The lowest BCUT2D eigenvalue weighted by Crippen LogP contribution is -2.24. The van der Waals surface area contributed by atoms with Crippen molar-refractivity contribution in [1.82, 2.24) is 24.9 Å². The van der Waals surface area contributed by atoms with Crippen LogP contribution in [0.4, 0.5) is 0 Å². The first-order valence-corrected chi connectivity index (χ1v) is 9.17. The second kappa shape index (κ2) is 7.63. The summed E-state index contributed by atoms with van der Waals surface area (Å²) < 4.78 is 1.44. The van der Waals surface area contributed by atoms with Gasteiger partial charge < -0.3 is 5.32 Å². The van der Waals surface area contributed by atoms with E-state index in [1.165, 1.54) is 11.4 Å². The number of aryl methyl sites for hydroxylation is 1. The fraction of sp³-hybridized carbons (Fsp3) is 0.136. The summed E-state index contributed by atoms with van der Waals surface area (Å²) in [4.78, 5) is 32.3. The van der Waals surface area contributed by atoms with Gasteiger partial charge in [0.2, 0.25) is 5.82 Å². The number of rotatable bonds is 5. The summed E-state index contributed by atoms with van der Waals surface area (Å²) in [5, 5.41) is 6.99. The molecule has 3 heterocycles. The van der Waals surface area contributed by atoms with Crippen LogP contribution in [0.3, 0.4) is 0 Å². The predicted octanol–water partition coefficient (Wildman–Crippen LogP) is 3.23. The van der Waals surface area contributed by atoms with Gasteiger partial charge in [0.15, 0.2) is 11.4 Å². The molecule has 0 aliphatic carbocycles. The Morgan fingerprint density at radius 2 is 1.83 bits per heavy atom. The molecule has 4 aromatic rings. The van der Waals surface area contributed by atoms with E-state index < -0.39 is 0 Å². The van der Waals surface area contributed by atoms with Crippen LogP contribution < -0.4 is 5.32 Å². The van der Waals surface area contributed by atoms with Gasteiger partial charge in [0.05, 0.1) is 0 Å². The van der Waals surface area contributed by atoms with Gasteiger partial charge in [-0.25, -0.2) is 9.50 Å². The van der Waals surface area contributed by atoms with Gasteiger partial charge in [-0.05, 0) is 54.8 Å². The number of ketones is 1. The number of Topliss-reactive ketones (excluding diaryl/α,β-unsaturated/α-hetero) is 1. The van der Waals surface area contributed by atoms with Crippen molar-refractivity contribution in [2.24, 2.45) is 0 Å². The van der Waals surface area contributed by atoms with E-state index in [-0.39, 0.29) is 17.5 Å². The third kappa shape index (κ3) is 4.03. The molecule has 0 atom stereocenters. The highest BCUT2D eigenvalue weighted by atomic mass is 16.2. The number of fused-ring (bicyclic) bond motifs is 1. The minimum atomic E-state index is -0.369. The topological polar surface area (TPSA) is 89.2 Å². The lowest BCUT2D eigenvalue weighted by Gasteiger charge is -2.06. The number of hydrogen-bond donors (Lipinski definition) is 1. The molecule has 1 amide bonds. The molecule has 0 spiro atoms. The summed E-state index contributed by atoms with van der Waals surface area (Å²) >= 11 is 0. The molecule has 1 aromatic carbocycles. The van der Waals surface area contributed by atoms with Crippen molar-refractivity contribution in [3.8, 4) is 11.1 Å².